The second-order valence-corrected chi connectivity index (χ2v) is 8.79. The fourth-order valence-electron chi connectivity index (χ4n) is 0.387. The molecule has 0 saturated carbocycles. The van der Waals surface area contributed by atoms with Gasteiger partial charge in [-0.3, -0.25) is 9.11 Å². The predicted octanol–water partition coefficient (Wildman–Crippen LogP) is -2.55. The van der Waals surface area contributed by atoms with Crippen LogP contribution in [0.15, 0.2) is 0 Å². The Kier molecular flexibility index (Phi) is 9.89. The van der Waals surface area contributed by atoms with Crippen LogP contribution in [-0.4, -0.2) is 37.4 Å². The molecule has 0 aromatic heterocycles. The van der Waals surface area contributed by atoms with E-state index < -0.39 is 18.3 Å². The second kappa shape index (κ2) is 7.74. The topological polar surface area (TPSA) is 109 Å². The van der Waals surface area contributed by atoms with Gasteiger partial charge in [0.05, 0.1) is 0 Å². The summed E-state index contributed by atoms with van der Waals surface area (Å²) in [6, 6.07) is 0. The zero-order chi connectivity index (χ0) is 10.5. The molecule has 0 amide bonds. The van der Waals surface area contributed by atoms with Crippen LogP contribution in [0.4, 0.5) is 0 Å². The van der Waals surface area contributed by atoms with Gasteiger partial charge >= 0.3 is 47.9 Å². The Balaban J connectivity index is 0. The van der Waals surface area contributed by atoms with Crippen molar-refractivity contribution in [1.29, 1.82) is 0 Å². The first-order chi connectivity index (χ1) is 5.71. The zero-order valence-corrected chi connectivity index (χ0v) is 12.5. The van der Waals surface area contributed by atoms with Gasteiger partial charge in [-0.2, -0.15) is 16.8 Å². The quantitative estimate of drug-likeness (QED) is 0.238. The second-order valence-electron chi connectivity index (χ2n) is 1.85. The van der Waals surface area contributed by atoms with Crippen molar-refractivity contribution in [3.05, 3.63) is 0 Å². The van der Waals surface area contributed by atoms with E-state index in [1.165, 1.54) is 0 Å². The zero-order valence-electron chi connectivity index (χ0n) is 7.28. The van der Waals surface area contributed by atoms with E-state index in [1.807, 2.05) is 0 Å². The molecule has 0 unspecified atom stereocenters. The van der Waals surface area contributed by atoms with E-state index in [0.717, 1.165) is 0 Å². The van der Waals surface area contributed by atoms with Gasteiger partial charge in [-0.1, -0.05) is 0 Å². The molecule has 2 N–H and O–H groups in total. The van der Waals surface area contributed by atoms with Crippen molar-refractivity contribution in [3.63, 3.8) is 0 Å². The van der Waals surface area contributed by atoms with Crippen LogP contribution in [0, 0.1) is 0 Å². The van der Waals surface area contributed by atoms with Gasteiger partial charge in [-0.05, 0) is 28.0 Å². The van der Waals surface area contributed by atoms with Gasteiger partial charge in [0, 0.05) is 11.5 Å². The average molecular weight is 291 g/mol. The minimum absolute atomic E-state index is 0. The Labute approximate surface area is 112 Å². The maximum atomic E-state index is 10.1. The molecule has 0 aromatic rings. The fraction of sp³-hybridized carbons (Fsp3) is 1.00. The Bertz CT molecular complexity index is 298. The van der Waals surface area contributed by atoms with Crippen LogP contribution in [0.1, 0.15) is 6.42 Å². The Morgan fingerprint density at radius 1 is 0.857 bits per heavy atom. The van der Waals surface area contributed by atoms with Crippen LogP contribution in [-0.2, 0) is 18.3 Å². The molecule has 0 atom stereocenters. The van der Waals surface area contributed by atoms with Gasteiger partial charge in [0.2, 0.25) is 0 Å². The van der Waals surface area contributed by atoms with E-state index >= 15 is 0 Å². The van der Waals surface area contributed by atoms with E-state index in [1.54, 1.807) is 0 Å². The van der Waals surface area contributed by atoms with Gasteiger partial charge in [-0.25, -0.2) is 0 Å². The van der Waals surface area contributed by atoms with Crippen molar-refractivity contribution in [2.75, 3.05) is 11.5 Å². The molecule has 0 fully saturated rings. The van der Waals surface area contributed by atoms with Crippen LogP contribution in [0.2, 0.25) is 0 Å². The van der Waals surface area contributed by atoms with Gasteiger partial charge in [0.25, 0.3) is 0 Å². The summed E-state index contributed by atoms with van der Waals surface area (Å²) in [5.74, 6) is 0.169. The monoisotopic (exact) mass is 291 g/mol. The molecule has 0 saturated heterocycles. The first-order valence-electron chi connectivity index (χ1n) is 2.94. The van der Waals surface area contributed by atoms with Gasteiger partial charge in [-0.15, -0.1) is 0 Å². The van der Waals surface area contributed by atoms with Crippen LogP contribution in [0.5, 0.6) is 0 Å². The van der Waals surface area contributed by atoms with Gasteiger partial charge in [0.15, 0.2) is 0 Å². The minimum atomic E-state index is -4.04. The summed E-state index contributed by atoms with van der Waals surface area (Å²) in [6.07, 6.45) is 0.259. The first-order valence-corrected chi connectivity index (χ1v) is 8.83. The van der Waals surface area contributed by atoms with Crippen LogP contribution >= 0.6 is 21.6 Å². The molecule has 0 rings (SSSR count). The molecular formula is C3H8NaO6S4+. The van der Waals surface area contributed by atoms with Crippen LogP contribution in [0.3, 0.4) is 0 Å². The molecule has 0 aromatic carbocycles. The molecule has 80 valence electrons. The van der Waals surface area contributed by atoms with Crippen LogP contribution < -0.4 is 29.6 Å². The SMILES string of the molecule is O=S(=O)(O)SCCCSS(=O)(=O)O.[Na+]. The standard InChI is InChI=1S/C3H8O6S4.Na/c4-12(5,6)10-2-1-3-11-13(7,8)9;/h1-3H2,(H,4,5,6)(H,7,8,9);/q;+1. The molecule has 0 aliphatic carbocycles. The molecule has 14 heavy (non-hydrogen) atoms. The van der Waals surface area contributed by atoms with E-state index in [0.29, 0.717) is 21.6 Å². The smallest absolute Gasteiger partial charge is 0.277 e. The summed E-state index contributed by atoms with van der Waals surface area (Å²) in [5, 5.41) is 0. The van der Waals surface area contributed by atoms with E-state index in [9.17, 15) is 16.8 Å². The Morgan fingerprint density at radius 3 is 1.36 bits per heavy atom. The third-order valence-corrected chi connectivity index (χ3v) is 5.05. The third-order valence-electron chi connectivity index (χ3n) is 0.753. The summed E-state index contributed by atoms with van der Waals surface area (Å²) in [5.41, 5.74) is 0. The predicted molar refractivity (Wildman–Crippen MR) is 52.6 cm³/mol. The van der Waals surface area contributed by atoms with E-state index in [2.05, 4.69) is 0 Å². The summed E-state index contributed by atoms with van der Waals surface area (Å²) in [7, 11) is -7.44. The number of hydrogen-bond donors (Lipinski definition) is 2. The molecule has 0 spiro atoms. The van der Waals surface area contributed by atoms with Crippen molar-refractivity contribution in [2.45, 2.75) is 6.42 Å². The number of hydrogen-bond acceptors (Lipinski definition) is 6. The average Bonchev–Trinajstić information content (AvgIpc) is 1.81. The van der Waals surface area contributed by atoms with Crippen molar-refractivity contribution < 1.29 is 55.5 Å². The van der Waals surface area contributed by atoms with Crippen LogP contribution in [0.25, 0.3) is 0 Å². The molecule has 0 aliphatic heterocycles. The summed E-state index contributed by atoms with van der Waals surface area (Å²) >= 11 is 0. The van der Waals surface area contributed by atoms with Gasteiger partial charge in [0.1, 0.15) is 0 Å². The van der Waals surface area contributed by atoms with Crippen molar-refractivity contribution in [3.8, 4) is 0 Å². The summed E-state index contributed by atoms with van der Waals surface area (Å²) < 4.78 is 57.0. The molecule has 0 radical (unpaired) electrons. The van der Waals surface area contributed by atoms with E-state index in [4.69, 9.17) is 9.11 Å². The summed E-state index contributed by atoms with van der Waals surface area (Å²) in [4.78, 5) is 0. The molecular weight excluding hydrogens is 283 g/mol. The molecule has 11 heteroatoms. The summed E-state index contributed by atoms with van der Waals surface area (Å²) in [6.45, 7) is 0. The number of rotatable bonds is 6. The Morgan fingerprint density at radius 2 is 1.14 bits per heavy atom. The molecule has 0 heterocycles. The fourth-order valence-corrected chi connectivity index (χ4v) is 3.49. The normalized spacial score (nSPS) is 12.1. The minimum Gasteiger partial charge on any atom is -0.277 e. The van der Waals surface area contributed by atoms with Crippen molar-refractivity contribution in [2.24, 2.45) is 0 Å². The largest absolute Gasteiger partial charge is 1.00 e. The van der Waals surface area contributed by atoms with Crippen molar-refractivity contribution in [1.82, 2.24) is 0 Å². The first kappa shape index (κ1) is 17.9. The van der Waals surface area contributed by atoms with Crippen molar-refractivity contribution >= 4 is 39.9 Å². The van der Waals surface area contributed by atoms with Gasteiger partial charge < -0.3 is 0 Å². The van der Waals surface area contributed by atoms with E-state index in [-0.39, 0.29) is 47.5 Å². The molecule has 0 aliphatic rings. The molecule has 6 nitrogen and oxygen atoms in total. The Hall–Kier alpha value is 1.52. The molecule has 0 bridgehead atoms. The third kappa shape index (κ3) is 16.0. The maximum absolute atomic E-state index is 10.1. The maximum Gasteiger partial charge on any atom is 1.00 e.